The number of benzene rings is 2. The first-order valence-electron chi connectivity index (χ1n) is 11.2. The molecule has 1 aliphatic rings. The van der Waals surface area contributed by atoms with Gasteiger partial charge in [0.05, 0.1) is 0 Å². The molecule has 0 aliphatic carbocycles. The zero-order chi connectivity index (χ0) is 22.8. The van der Waals surface area contributed by atoms with Gasteiger partial charge in [-0.05, 0) is 55.5 Å². The van der Waals surface area contributed by atoms with Crippen LogP contribution in [-0.2, 0) is 20.7 Å². The molecule has 3 rings (SSSR count). The quantitative estimate of drug-likeness (QED) is 0.560. The largest absolute Gasteiger partial charge is 0.459 e. The number of carbonyl (C=O) groups excluding carboxylic acids is 1. The van der Waals surface area contributed by atoms with Gasteiger partial charge in [0.2, 0.25) is 6.29 Å². The lowest BCUT2D eigenvalue weighted by Gasteiger charge is -2.37. The third-order valence-electron chi connectivity index (χ3n) is 5.64. The lowest BCUT2D eigenvalue weighted by molar-refractivity contribution is -0.166. The smallest absolute Gasteiger partial charge is 0.286 e. The van der Waals surface area contributed by atoms with Crippen LogP contribution in [0.4, 0.5) is 0 Å². The fourth-order valence-corrected chi connectivity index (χ4v) is 4.00. The van der Waals surface area contributed by atoms with E-state index in [1.165, 1.54) is 0 Å². The molecule has 0 saturated heterocycles. The van der Waals surface area contributed by atoms with E-state index in [9.17, 15) is 9.90 Å². The summed E-state index contributed by atoms with van der Waals surface area (Å²) in [6.45, 7) is 2.97. The topological polar surface area (TPSA) is 67.8 Å². The van der Waals surface area contributed by atoms with E-state index in [1.807, 2.05) is 67.6 Å². The molecular formula is C27H31NO4. The van der Waals surface area contributed by atoms with Gasteiger partial charge in [-0.1, -0.05) is 48.4 Å². The molecule has 1 aliphatic heterocycles. The summed E-state index contributed by atoms with van der Waals surface area (Å²) in [5.74, 6) is 2.53. The predicted molar refractivity (Wildman–Crippen MR) is 125 cm³/mol. The third kappa shape index (κ3) is 6.23. The lowest BCUT2D eigenvalue weighted by atomic mass is 9.80. The van der Waals surface area contributed by atoms with Crippen molar-refractivity contribution in [1.82, 2.24) is 5.32 Å². The molecule has 2 aromatic rings. The van der Waals surface area contributed by atoms with Crippen LogP contribution in [0.25, 0.3) is 0 Å². The van der Waals surface area contributed by atoms with Crippen molar-refractivity contribution in [2.45, 2.75) is 38.4 Å². The van der Waals surface area contributed by atoms with E-state index in [2.05, 4.69) is 11.2 Å². The molecule has 0 bridgehead atoms. The maximum absolute atomic E-state index is 12.9. The number of terminal acetylenes is 1. The molecule has 32 heavy (non-hydrogen) atoms. The van der Waals surface area contributed by atoms with Crippen LogP contribution < -0.4 is 5.32 Å². The Kier molecular flexibility index (Phi) is 8.91. The summed E-state index contributed by atoms with van der Waals surface area (Å²) in [6.07, 6.45) is 8.89. The van der Waals surface area contributed by atoms with E-state index in [0.717, 1.165) is 23.1 Å². The second kappa shape index (κ2) is 12.1. The first-order valence-corrected chi connectivity index (χ1v) is 11.2. The van der Waals surface area contributed by atoms with Gasteiger partial charge in [-0.15, -0.1) is 6.42 Å². The van der Waals surface area contributed by atoms with E-state index in [-0.39, 0.29) is 30.1 Å². The molecule has 0 spiro atoms. The number of allylic oxidation sites excluding steroid dienone is 1. The SMILES string of the molecule is C#Cc1ccc([C@H]2C=C(C(=O)NCCc3ccccc3)O[C@@H](OCC)[C@H]2CCCO)cc1. The van der Waals surface area contributed by atoms with Crippen LogP contribution in [0.2, 0.25) is 0 Å². The number of aliphatic hydroxyl groups is 1. The third-order valence-corrected chi connectivity index (χ3v) is 5.64. The highest BCUT2D eigenvalue weighted by Crippen LogP contribution is 2.39. The summed E-state index contributed by atoms with van der Waals surface area (Å²) in [4.78, 5) is 12.9. The molecule has 1 heterocycles. The predicted octanol–water partition coefficient (Wildman–Crippen LogP) is 3.78. The standard InChI is InChI=1S/C27H31NO4/c1-3-20-12-14-22(15-13-20)24-19-25(32-27(31-4-2)23(24)11-8-18-29)26(30)28-17-16-21-9-6-5-7-10-21/h1,5-7,9-10,12-15,19,23-24,27,29H,4,8,11,16-18H2,2H3,(H,28,30)/t23-,24+,27+/m0/s1. The Balaban J connectivity index is 1.80. The van der Waals surface area contributed by atoms with Crippen molar-refractivity contribution in [2.24, 2.45) is 5.92 Å². The van der Waals surface area contributed by atoms with Gasteiger partial charge in [0.15, 0.2) is 5.76 Å². The van der Waals surface area contributed by atoms with Crippen molar-refractivity contribution in [3.05, 3.63) is 83.1 Å². The summed E-state index contributed by atoms with van der Waals surface area (Å²) in [6, 6.07) is 17.8. The molecule has 0 fully saturated rings. The molecule has 0 saturated carbocycles. The van der Waals surface area contributed by atoms with Crippen LogP contribution in [0, 0.1) is 18.3 Å². The molecule has 2 aromatic carbocycles. The normalized spacial score (nSPS) is 20.0. The zero-order valence-electron chi connectivity index (χ0n) is 18.5. The number of hydrogen-bond acceptors (Lipinski definition) is 4. The number of amides is 1. The summed E-state index contributed by atoms with van der Waals surface area (Å²) in [7, 11) is 0. The van der Waals surface area contributed by atoms with Crippen LogP contribution in [0.3, 0.4) is 0 Å². The Morgan fingerprint density at radius 3 is 2.59 bits per heavy atom. The van der Waals surface area contributed by atoms with Crippen molar-refractivity contribution < 1.29 is 19.4 Å². The second-order valence-electron chi connectivity index (χ2n) is 7.79. The summed E-state index contributed by atoms with van der Waals surface area (Å²) in [5.41, 5.74) is 3.00. The van der Waals surface area contributed by atoms with Gasteiger partial charge < -0.3 is 19.9 Å². The van der Waals surface area contributed by atoms with Gasteiger partial charge in [-0.2, -0.15) is 0 Å². The molecule has 5 heteroatoms. The minimum absolute atomic E-state index is 0.0281. The van der Waals surface area contributed by atoms with Gasteiger partial charge in [0.1, 0.15) is 0 Å². The molecule has 3 atom stereocenters. The molecule has 0 unspecified atom stereocenters. The molecule has 168 valence electrons. The number of nitrogens with one attached hydrogen (secondary N) is 1. The first-order chi connectivity index (χ1) is 15.7. The molecule has 1 amide bonds. The van der Waals surface area contributed by atoms with E-state index >= 15 is 0 Å². The number of aliphatic hydroxyl groups excluding tert-OH is 1. The fraction of sp³-hybridized carbons (Fsp3) is 0.370. The number of hydrogen-bond donors (Lipinski definition) is 2. The Bertz CT molecular complexity index is 930. The van der Waals surface area contributed by atoms with Gasteiger partial charge in [0.25, 0.3) is 5.91 Å². The average Bonchev–Trinajstić information content (AvgIpc) is 2.83. The van der Waals surface area contributed by atoms with E-state index < -0.39 is 6.29 Å². The average molecular weight is 434 g/mol. The van der Waals surface area contributed by atoms with Crippen molar-refractivity contribution >= 4 is 5.91 Å². The number of rotatable bonds is 10. The number of carbonyl (C=O) groups is 1. The highest BCUT2D eigenvalue weighted by atomic mass is 16.7. The van der Waals surface area contributed by atoms with E-state index in [4.69, 9.17) is 15.9 Å². The molecule has 0 aromatic heterocycles. The molecular weight excluding hydrogens is 402 g/mol. The van der Waals surface area contributed by atoms with Gasteiger partial charge >= 0.3 is 0 Å². The maximum atomic E-state index is 12.9. The summed E-state index contributed by atoms with van der Waals surface area (Å²) in [5, 5.41) is 12.3. The second-order valence-corrected chi connectivity index (χ2v) is 7.79. The zero-order valence-corrected chi connectivity index (χ0v) is 18.5. The minimum Gasteiger partial charge on any atom is -0.459 e. The Morgan fingerprint density at radius 1 is 1.19 bits per heavy atom. The summed E-state index contributed by atoms with van der Waals surface area (Å²) < 4.78 is 11.9. The van der Waals surface area contributed by atoms with Crippen molar-refractivity contribution in [3.8, 4) is 12.3 Å². The monoisotopic (exact) mass is 433 g/mol. The van der Waals surface area contributed by atoms with Gasteiger partial charge in [-0.3, -0.25) is 4.79 Å². The van der Waals surface area contributed by atoms with Crippen LogP contribution >= 0.6 is 0 Å². The lowest BCUT2D eigenvalue weighted by Crippen LogP contribution is -2.39. The van der Waals surface area contributed by atoms with Crippen LogP contribution in [0.5, 0.6) is 0 Å². The van der Waals surface area contributed by atoms with Crippen molar-refractivity contribution in [2.75, 3.05) is 19.8 Å². The van der Waals surface area contributed by atoms with Crippen molar-refractivity contribution in [3.63, 3.8) is 0 Å². The fourth-order valence-electron chi connectivity index (χ4n) is 4.00. The van der Waals surface area contributed by atoms with Crippen molar-refractivity contribution in [1.29, 1.82) is 0 Å². The molecule has 5 nitrogen and oxygen atoms in total. The Hall–Kier alpha value is -3.07. The first kappa shape index (κ1) is 23.6. The number of ether oxygens (including phenoxy) is 2. The van der Waals surface area contributed by atoms with Crippen LogP contribution in [-0.4, -0.2) is 37.1 Å². The van der Waals surface area contributed by atoms with Crippen LogP contribution in [0.1, 0.15) is 42.4 Å². The Morgan fingerprint density at radius 2 is 1.94 bits per heavy atom. The van der Waals surface area contributed by atoms with E-state index in [0.29, 0.717) is 26.0 Å². The van der Waals surface area contributed by atoms with E-state index in [1.54, 1.807) is 0 Å². The van der Waals surface area contributed by atoms with Gasteiger partial charge in [0, 0.05) is 37.2 Å². The molecule has 2 N–H and O–H groups in total. The Labute approximate surface area is 190 Å². The highest BCUT2D eigenvalue weighted by Gasteiger charge is 2.37. The summed E-state index contributed by atoms with van der Waals surface area (Å²) >= 11 is 0. The highest BCUT2D eigenvalue weighted by molar-refractivity contribution is 5.91. The van der Waals surface area contributed by atoms with Crippen LogP contribution in [0.15, 0.2) is 66.4 Å². The molecule has 0 radical (unpaired) electrons. The minimum atomic E-state index is -0.566. The maximum Gasteiger partial charge on any atom is 0.286 e. The van der Waals surface area contributed by atoms with Gasteiger partial charge in [-0.25, -0.2) is 0 Å².